The molecule has 0 aliphatic carbocycles. The van der Waals surface area contributed by atoms with Gasteiger partial charge in [0.25, 0.3) is 5.92 Å². The summed E-state index contributed by atoms with van der Waals surface area (Å²) in [6, 6.07) is 0. The van der Waals surface area contributed by atoms with E-state index in [-0.39, 0.29) is 31.8 Å². The van der Waals surface area contributed by atoms with Crippen molar-refractivity contribution in [1.29, 1.82) is 0 Å². The van der Waals surface area contributed by atoms with Crippen molar-refractivity contribution >= 4 is 22.4 Å². The Morgan fingerprint density at radius 1 is 1.20 bits per heavy atom. The normalized spacial score (nSPS) is 21.8. The van der Waals surface area contributed by atoms with E-state index in [1.807, 2.05) is 0 Å². The Morgan fingerprint density at radius 2 is 1.84 bits per heavy atom. The van der Waals surface area contributed by atoms with Crippen molar-refractivity contribution < 1.29 is 13.6 Å². The van der Waals surface area contributed by atoms with Crippen LogP contribution in [0, 0.1) is 5.92 Å². The zero-order valence-electron chi connectivity index (χ0n) is 14.9. The molecular weight excluding hydrogens is 346 g/mol. The SMILES string of the molecule is CC(C)c1nnc(N2CCC(CC(=O)N3CCC(F)(F)CC3)CC2)s1. The largest absolute Gasteiger partial charge is 0.347 e. The van der Waals surface area contributed by atoms with Gasteiger partial charge in [0.1, 0.15) is 5.01 Å². The van der Waals surface area contributed by atoms with E-state index in [0.29, 0.717) is 18.3 Å². The first-order valence-electron chi connectivity index (χ1n) is 9.08. The van der Waals surface area contributed by atoms with Gasteiger partial charge in [0.15, 0.2) is 0 Å². The molecule has 140 valence electrons. The summed E-state index contributed by atoms with van der Waals surface area (Å²) < 4.78 is 26.4. The Morgan fingerprint density at radius 3 is 2.40 bits per heavy atom. The summed E-state index contributed by atoms with van der Waals surface area (Å²) in [6.45, 7) is 6.35. The highest BCUT2D eigenvalue weighted by Crippen LogP contribution is 2.31. The fourth-order valence-corrected chi connectivity index (χ4v) is 4.27. The molecular formula is C17H26F2N4OS. The van der Waals surface area contributed by atoms with E-state index in [4.69, 9.17) is 0 Å². The molecule has 3 heterocycles. The van der Waals surface area contributed by atoms with Gasteiger partial charge in [-0.15, -0.1) is 10.2 Å². The number of hydrogen-bond acceptors (Lipinski definition) is 5. The Hall–Kier alpha value is -1.31. The molecule has 2 saturated heterocycles. The quantitative estimate of drug-likeness (QED) is 0.811. The number of aromatic nitrogens is 2. The molecule has 0 saturated carbocycles. The number of nitrogens with zero attached hydrogens (tertiary/aromatic N) is 4. The molecule has 2 aliphatic heterocycles. The minimum absolute atomic E-state index is 0.0342. The lowest BCUT2D eigenvalue weighted by atomic mass is 9.92. The van der Waals surface area contributed by atoms with Crippen LogP contribution in [0.5, 0.6) is 0 Å². The van der Waals surface area contributed by atoms with E-state index in [9.17, 15) is 13.6 Å². The Kier molecular flexibility index (Phi) is 5.55. The van der Waals surface area contributed by atoms with E-state index in [0.717, 1.165) is 36.1 Å². The summed E-state index contributed by atoms with van der Waals surface area (Å²) in [7, 11) is 0. The van der Waals surface area contributed by atoms with Crippen molar-refractivity contribution in [1.82, 2.24) is 15.1 Å². The first-order chi connectivity index (χ1) is 11.8. The van der Waals surface area contributed by atoms with Gasteiger partial charge in [0.2, 0.25) is 11.0 Å². The van der Waals surface area contributed by atoms with E-state index >= 15 is 0 Å². The molecule has 0 bridgehead atoms. The second-order valence-corrected chi connectivity index (χ2v) is 8.44. The monoisotopic (exact) mass is 372 g/mol. The van der Waals surface area contributed by atoms with Gasteiger partial charge in [-0.1, -0.05) is 25.2 Å². The molecule has 2 fully saturated rings. The second-order valence-electron chi connectivity index (χ2n) is 7.45. The number of piperidine rings is 2. The van der Waals surface area contributed by atoms with Gasteiger partial charge in [-0.25, -0.2) is 8.78 Å². The second kappa shape index (κ2) is 7.51. The third-order valence-corrected chi connectivity index (χ3v) is 6.40. The predicted octanol–water partition coefficient (Wildman–Crippen LogP) is 3.53. The van der Waals surface area contributed by atoms with Crippen molar-refractivity contribution in [3.63, 3.8) is 0 Å². The van der Waals surface area contributed by atoms with Gasteiger partial charge in [-0.3, -0.25) is 4.79 Å². The first-order valence-corrected chi connectivity index (χ1v) is 9.89. The van der Waals surface area contributed by atoms with E-state index < -0.39 is 5.92 Å². The summed E-state index contributed by atoms with van der Waals surface area (Å²) in [4.78, 5) is 16.2. The Balaban J connectivity index is 1.45. The molecule has 0 atom stereocenters. The van der Waals surface area contributed by atoms with Crippen LogP contribution in [0.2, 0.25) is 0 Å². The zero-order chi connectivity index (χ0) is 18.0. The first kappa shape index (κ1) is 18.5. The van der Waals surface area contributed by atoms with Gasteiger partial charge in [0, 0.05) is 51.4 Å². The summed E-state index contributed by atoms with van der Waals surface area (Å²) in [5, 5.41) is 10.5. The molecule has 0 aromatic carbocycles. The average molecular weight is 372 g/mol. The molecule has 1 aromatic rings. The summed E-state index contributed by atoms with van der Waals surface area (Å²) in [5.74, 6) is -1.84. The van der Waals surface area contributed by atoms with Crippen LogP contribution in [-0.4, -0.2) is 53.1 Å². The molecule has 0 N–H and O–H groups in total. The van der Waals surface area contributed by atoms with Crippen molar-refractivity contribution in [3.8, 4) is 0 Å². The van der Waals surface area contributed by atoms with Crippen molar-refractivity contribution in [3.05, 3.63) is 5.01 Å². The van der Waals surface area contributed by atoms with Crippen molar-refractivity contribution in [2.45, 2.75) is 57.8 Å². The van der Waals surface area contributed by atoms with Gasteiger partial charge in [0.05, 0.1) is 0 Å². The molecule has 1 amide bonds. The van der Waals surface area contributed by atoms with Crippen LogP contribution in [0.1, 0.15) is 56.9 Å². The number of anilines is 1. The van der Waals surface area contributed by atoms with Gasteiger partial charge < -0.3 is 9.80 Å². The third-order valence-electron chi connectivity index (χ3n) is 5.12. The Bertz CT molecular complexity index is 589. The van der Waals surface area contributed by atoms with Crippen LogP contribution >= 0.6 is 11.3 Å². The number of hydrogen-bond donors (Lipinski definition) is 0. The van der Waals surface area contributed by atoms with Gasteiger partial charge >= 0.3 is 0 Å². The molecule has 3 rings (SSSR count). The molecule has 1 aromatic heterocycles. The molecule has 8 heteroatoms. The highest BCUT2D eigenvalue weighted by Gasteiger charge is 2.36. The number of likely N-dealkylation sites (tertiary alicyclic amines) is 1. The van der Waals surface area contributed by atoms with E-state index in [1.165, 1.54) is 0 Å². The van der Waals surface area contributed by atoms with Crippen molar-refractivity contribution in [2.75, 3.05) is 31.1 Å². The molecule has 5 nitrogen and oxygen atoms in total. The van der Waals surface area contributed by atoms with Gasteiger partial charge in [-0.05, 0) is 18.8 Å². The van der Waals surface area contributed by atoms with Crippen LogP contribution < -0.4 is 4.90 Å². The topological polar surface area (TPSA) is 49.3 Å². The number of carbonyl (C=O) groups is 1. The van der Waals surface area contributed by atoms with Crippen LogP contribution in [0.3, 0.4) is 0 Å². The average Bonchev–Trinajstić information content (AvgIpc) is 3.05. The molecule has 0 radical (unpaired) electrons. The highest BCUT2D eigenvalue weighted by atomic mass is 32.1. The maximum Gasteiger partial charge on any atom is 0.251 e. The lowest BCUT2D eigenvalue weighted by Crippen LogP contribution is -2.44. The van der Waals surface area contributed by atoms with Gasteiger partial charge in [-0.2, -0.15) is 0 Å². The number of halogens is 2. The minimum Gasteiger partial charge on any atom is -0.347 e. The van der Waals surface area contributed by atoms with Crippen LogP contribution in [0.4, 0.5) is 13.9 Å². The number of alkyl halides is 2. The van der Waals surface area contributed by atoms with Crippen molar-refractivity contribution in [2.24, 2.45) is 5.92 Å². The number of amides is 1. The van der Waals surface area contributed by atoms with Crippen LogP contribution in [-0.2, 0) is 4.79 Å². The molecule has 0 spiro atoms. The molecule has 0 unspecified atom stereocenters. The smallest absolute Gasteiger partial charge is 0.251 e. The fraction of sp³-hybridized carbons (Fsp3) is 0.824. The van der Waals surface area contributed by atoms with Crippen LogP contribution in [0.15, 0.2) is 0 Å². The number of rotatable bonds is 4. The third kappa shape index (κ3) is 4.65. The summed E-state index contributed by atoms with van der Waals surface area (Å²) >= 11 is 1.64. The zero-order valence-corrected chi connectivity index (χ0v) is 15.7. The minimum atomic E-state index is -2.60. The van der Waals surface area contributed by atoms with Crippen LogP contribution in [0.25, 0.3) is 0 Å². The maximum atomic E-state index is 13.2. The number of carbonyl (C=O) groups excluding carboxylic acids is 1. The van der Waals surface area contributed by atoms with E-state index in [2.05, 4.69) is 28.9 Å². The Labute approximate surface area is 151 Å². The lowest BCUT2D eigenvalue weighted by molar-refractivity contribution is -0.138. The molecule has 2 aliphatic rings. The molecule has 25 heavy (non-hydrogen) atoms. The summed E-state index contributed by atoms with van der Waals surface area (Å²) in [5.41, 5.74) is 0. The standard InChI is InChI=1S/C17H26F2N4OS/c1-12(2)15-20-21-16(25-15)23-7-3-13(4-8-23)11-14(24)22-9-5-17(18,19)6-10-22/h12-13H,3-11H2,1-2H3. The predicted molar refractivity (Wildman–Crippen MR) is 94.3 cm³/mol. The van der Waals surface area contributed by atoms with E-state index in [1.54, 1.807) is 16.2 Å². The fourth-order valence-electron chi connectivity index (χ4n) is 3.38. The highest BCUT2D eigenvalue weighted by molar-refractivity contribution is 7.15. The lowest BCUT2D eigenvalue weighted by Gasteiger charge is -2.35. The summed E-state index contributed by atoms with van der Waals surface area (Å²) in [6.07, 6.45) is 1.95. The maximum absolute atomic E-state index is 13.2.